The van der Waals surface area contributed by atoms with Crippen molar-refractivity contribution in [1.82, 2.24) is 9.13 Å². The SMILES string of the molecule is Cc1cc(C)cc(N2c3cc(C)ccc3B3c4cc5c(cc4N(c4cc(C)cc(C)c4)c4cc(-n6c7ccccc7c7ccccc76)cc2c43)B2c3ccc(C)cc3N(c3cc(C)cc(C)c3)c3cc(-n4c6ccccc6c6ccccc64)cc(c32)N5c2cc(C)cc(C)c2)c1. The number of benzene rings is 13. The zero-order chi connectivity index (χ0) is 64.8. The van der Waals surface area contributed by atoms with Gasteiger partial charge < -0.3 is 28.7 Å². The third-order valence-corrected chi connectivity index (χ3v) is 21.1. The molecule has 4 aliphatic rings. The number of hydrogen-bond acceptors (Lipinski definition) is 4. The van der Waals surface area contributed by atoms with Crippen LogP contribution in [-0.4, -0.2) is 22.6 Å². The van der Waals surface area contributed by atoms with Gasteiger partial charge in [-0.15, -0.1) is 0 Å². The molecule has 458 valence electrons. The Bertz CT molecular complexity index is 5380. The Morgan fingerprint density at radius 3 is 0.719 bits per heavy atom. The van der Waals surface area contributed by atoms with Gasteiger partial charge in [-0.3, -0.25) is 0 Å². The molecular formula is C88H70B2N6. The van der Waals surface area contributed by atoms with Crippen LogP contribution in [0.5, 0.6) is 0 Å². The summed E-state index contributed by atoms with van der Waals surface area (Å²) < 4.78 is 5.06. The predicted molar refractivity (Wildman–Crippen MR) is 411 cm³/mol. The lowest BCUT2D eigenvalue weighted by atomic mass is 9.31. The van der Waals surface area contributed by atoms with Gasteiger partial charge in [-0.2, -0.15) is 0 Å². The molecule has 0 saturated heterocycles. The van der Waals surface area contributed by atoms with Crippen LogP contribution in [0.3, 0.4) is 0 Å². The standard InChI is InChI=1S/C88H70B2N6/c1-51-27-29-71-79(43-51)93(61-35-53(3)31-54(4)36-61)83-45-65(91-75-23-15-11-19-67(75)68-20-12-16-24-76(68)91)47-85-87(83)89(71)73-49-82-74(50-81(73)95(85)63-39-57(7)33-58(8)40-63)90-72-30-28-52(2)44-80(72)94(62-37-55(5)32-56(6)38-62)84-46-66(48-86(88(84)90)96(82)64-41-59(9)34-60(10)42-64)92-77-25-17-13-21-69(77)70-22-14-18-26-78(70)92/h11-50H,1-10H3. The summed E-state index contributed by atoms with van der Waals surface area (Å²) in [4.78, 5) is 10.6. The van der Waals surface area contributed by atoms with Crippen LogP contribution in [0.1, 0.15) is 55.6 Å². The largest absolute Gasteiger partial charge is 0.311 e. The number of aromatic nitrogens is 2. The molecule has 0 unspecified atom stereocenters. The van der Waals surface area contributed by atoms with Crippen molar-refractivity contribution in [3.8, 4) is 11.4 Å². The molecule has 0 aliphatic carbocycles. The lowest BCUT2D eigenvalue weighted by Crippen LogP contribution is -2.64. The lowest BCUT2D eigenvalue weighted by molar-refractivity contribution is 1.15. The molecule has 0 N–H and O–H groups in total. The fourth-order valence-corrected chi connectivity index (χ4v) is 17.8. The van der Waals surface area contributed by atoms with Crippen LogP contribution in [-0.2, 0) is 0 Å². The van der Waals surface area contributed by atoms with E-state index in [9.17, 15) is 0 Å². The van der Waals surface area contributed by atoms with Crippen LogP contribution in [0.25, 0.3) is 55.0 Å². The Kier molecular flexibility index (Phi) is 12.1. The van der Waals surface area contributed by atoms with E-state index in [1.807, 2.05) is 0 Å². The van der Waals surface area contributed by atoms with E-state index in [0.717, 1.165) is 34.1 Å². The van der Waals surface area contributed by atoms with Gasteiger partial charge in [0.1, 0.15) is 0 Å². The quantitative estimate of drug-likeness (QED) is 0.155. The summed E-state index contributed by atoms with van der Waals surface area (Å²) in [6.45, 7) is 22.2. The second-order valence-corrected chi connectivity index (χ2v) is 28.2. The van der Waals surface area contributed by atoms with Crippen molar-refractivity contribution >= 4 is 158 Å². The molecule has 6 heterocycles. The predicted octanol–water partition coefficient (Wildman–Crippen LogP) is 19.1. The zero-order valence-corrected chi connectivity index (χ0v) is 55.9. The third kappa shape index (κ3) is 8.27. The minimum atomic E-state index is -0.175. The van der Waals surface area contributed by atoms with Gasteiger partial charge in [0, 0.05) is 89.8 Å². The van der Waals surface area contributed by atoms with Gasteiger partial charge in [0.05, 0.1) is 33.4 Å². The van der Waals surface area contributed by atoms with Gasteiger partial charge in [-0.05, 0) is 279 Å². The molecule has 6 nitrogen and oxygen atoms in total. The fourth-order valence-electron chi connectivity index (χ4n) is 17.8. The van der Waals surface area contributed by atoms with E-state index in [0.29, 0.717) is 0 Å². The molecule has 0 atom stereocenters. The van der Waals surface area contributed by atoms with Crippen molar-refractivity contribution in [3.05, 3.63) is 298 Å². The summed E-state index contributed by atoms with van der Waals surface area (Å²) in [6, 6.07) is 94.3. The Hall–Kier alpha value is -11.2. The Morgan fingerprint density at radius 1 is 0.198 bits per heavy atom. The minimum absolute atomic E-state index is 0.175. The van der Waals surface area contributed by atoms with Crippen molar-refractivity contribution in [1.29, 1.82) is 0 Å². The number of fused-ring (bicyclic) bond motifs is 14. The molecule has 0 fully saturated rings. The van der Waals surface area contributed by atoms with E-state index in [4.69, 9.17) is 0 Å². The maximum atomic E-state index is 2.67. The first-order valence-corrected chi connectivity index (χ1v) is 33.9. The summed E-state index contributed by atoms with van der Waals surface area (Å²) in [7, 11) is 0. The van der Waals surface area contributed by atoms with E-state index < -0.39 is 0 Å². The first-order chi connectivity index (χ1) is 46.7. The van der Waals surface area contributed by atoms with E-state index >= 15 is 0 Å². The van der Waals surface area contributed by atoms with Gasteiger partial charge in [-0.1, -0.05) is 121 Å². The molecular weight excluding hydrogens is 1160 g/mol. The molecule has 2 aromatic heterocycles. The van der Waals surface area contributed by atoms with Crippen LogP contribution in [0.4, 0.5) is 68.2 Å². The summed E-state index contributed by atoms with van der Waals surface area (Å²) in [5.74, 6) is 0. The molecule has 0 radical (unpaired) electrons. The number of rotatable bonds is 6. The maximum absolute atomic E-state index is 2.67. The van der Waals surface area contributed by atoms with Crippen LogP contribution >= 0.6 is 0 Å². The van der Waals surface area contributed by atoms with Crippen molar-refractivity contribution < 1.29 is 0 Å². The molecule has 19 rings (SSSR count). The van der Waals surface area contributed by atoms with Crippen molar-refractivity contribution in [2.24, 2.45) is 0 Å². The van der Waals surface area contributed by atoms with E-state index in [1.54, 1.807) is 0 Å². The fraction of sp³-hybridized carbons (Fsp3) is 0.114. The van der Waals surface area contributed by atoms with Crippen LogP contribution < -0.4 is 52.4 Å². The molecule has 4 aliphatic heterocycles. The Labute approximate surface area is 562 Å². The van der Waals surface area contributed by atoms with E-state index in [-0.39, 0.29) is 13.4 Å². The second kappa shape index (κ2) is 20.6. The normalized spacial score (nSPS) is 13.4. The summed E-state index contributed by atoms with van der Waals surface area (Å²) >= 11 is 0. The number of anilines is 12. The molecule has 96 heavy (non-hydrogen) atoms. The van der Waals surface area contributed by atoms with Crippen molar-refractivity contribution in [2.45, 2.75) is 69.2 Å². The first-order valence-electron chi connectivity index (χ1n) is 33.9. The van der Waals surface area contributed by atoms with Crippen LogP contribution in [0.2, 0.25) is 0 Å². The molecule has 0 spiro atoms. The summed E-state index contributed by atoms with van der Waals surface area (Å²) in [6.07, 6.45) is 0. The molecule has 0 saturated carbocycles. The van der Waals surface area contributed by atoms with Gasteiger partial charge in [0.15, 0.2) is 0 Å². The number of nitrogens with zero attached hydrogens (tertiary/aromatic N) is 6. The highest BCUT2D eigenvalue weighted by Gasteiger charge is 2.49. The maximum Gasteiger partial charge on any atom is 0.252 e. The van der Waals surface area contributed by atoms with Crippen molar-refractivity contribution in [3.63, 3.8) is 0 Å². The number of aryl methyl sites for hydroxylation is 10. The first kappa shape index (κ1) is 56.3. The zero-order valence-electron chi connectivity index (χ0n) is 55.9. The molecule has 0 amide bonds. The average Bonchev–Trinajstić information content (AvgIpc) is 0.795. The monoisotopic (exact) mass is 1230 g/mol. The smallest absolute Gasteiger partial charge is 0.252 e. The highest BCUT2D eigenvalue weighted by molar-refractivity contribution is 7.02. The topological polar surface area (TPSA) is 22.8 Å². The number of hydrogen-bond donors (Lipinski definition) is 0. The minimum Gasteiger partial charge on any atom is -0.311 e. The van der Waals surface area contributed by atoms with Crippen LogP contribution in [0.15, 0.2) is 243 Å². The lowest BCUT2D eigenvalue weighted by Gasteiger charge is -2.47. The summed E-state index contributed by atoms with van der Waals surface area (Å²) in [5.41, 5.74) is 40.9. The molecule has 13 aromatic carbocycles. The Balaban J connectivity index is 0.978. The average molecular weight is 1230 g/mol. The van der Waals surface area contributed by atoms with Gasteiger partial charge in [-0.25, -0.2) is 0 Å². The van der Waals surface area contributed by atoms with Crippen molar-refractivity contribution in [2.75, 3.05) is 19.6 Å². The van der Waals surface area contributed by atoms with Gasteiger partial charge in [0.2, 0.25) is 0 Å². The molecule has 0 bridgehead atoms. The highest BCUT2D eigenvalue weighted by Crippen LogP contribution is 2.51. The molecule has 8 heteroatoms. The Morgan fingerprint density at radius 2 is 0.448 bits per heavy atom. The second-order valence-electron chi connectivity index (χ2n) is 28.2. The highest BCUT2D eigenvalue weighted by atomic mass is 15.2. The van der Waals surface area contributed by atoms with Gasteiger partial charge in [0.25, 0.3) is 13.4 Å². The molecule has 15 aromatic rings. The summed E-state index contributed by atoms with van der Waals surface area (Å²) in [5, 5.41) is 4.95. The number of para-hydroxylation sites is 4. The van der Waals surface area contributed by atoms with E-state index in [2.05, 4.69) is 341 Å². The van der Waals surface area contributed by atoms with E-state index in [1.165, 1.54) is 178 Å². The van der Waals surface area contributed by atoms with Gasteiger partial charge >= 0.3 is 0 Å². The van der Waals surface area contributed by atoms with Crippen LogP contribution in [0, 0.1) is 69.2 Å². The third-order valence-electron chi connectivity index (χ3n) is 21.1.